The average Bonchev–Trinajstić information content (AvgIpc) is 2.32. The van der Waals surface area contributed by atoms with Gasteiger partial charge in [-0.3, -0.25) is 14.9 Å². The molecule has 3 amide bonds. The Balaban J connectivity index is 3.53. The second-order valence-corrected chi connectivity index (χ2v) is 3.54. The quantitative estimate of drug-likeness (QED) is 0.413. The average molecular weight is 259 g/mol. The van der Waals surface area contributed by atoms with Gasteiger partial charge in [0.1, 0.15) is 0 Å². The van der Waals surface area contributed by atoms with E-state index in [-0.39, 0.29) is 18.9 Å². The molecular formula is C11H21N3O4. The Kier molecular flexibility index (Phi) is 9.57. The largest absolute Gasteiger partial charge is 0.466 e. The van der Waals surface area contributed by atoms with Gasteiger partial charge in [0.15, 0.2) is 0 Å². The van der Waals surface area contributed by atoms with Crippen LogP contribution in [0.2, 0.25) is 0 Å². The third-order valence-corrected chi connectivity index (χ3v) is 1.89. The number of esters is 1. The predicted octanol–water partition coefficient (Wildman–Crippen LogP) is -0.235. The van der Waals surface area contributed by atoms with Crippen molar-refractivity contribution in [3.63, 3.8) is 0 Å². The fraction of sp³-hybridized carbons (Fsp3) is 0.727. The Bertz CT molecular complexity index is 281. The van der Waals surface area contributed by atoms with Gasteiger partial charge in [-0.2, -0.15) is 0 Å². The molecule has 0 heterocycles. The molecule has 0 atom stereocenters. The molecule has 0 aliphatic heterocycles. The van der Waals surface area contributed by atoms with Crippen molar-refractivity contribution in [2.75, 3.05) is 26.2 Å². The molecule has 3 N–H and O–H groups in total. The van der Waals surface area contributed by atoms with Crippen molar-refractivity contribution in [1.82, 2.24) is 16.0 Å². The van der Waals surface area contributed by atoms with E-state index in [1.165, 1.54) is 0 Å². The highest BCUT2D eigenvalue weighted by Crippen LogP contribution is 1.83. The number of imide groups is 1. The number of hydrogen-bond acceptors (Lipinski definition) is 5. The van der Waals surface area contributed by atoms with Crippen LogP contribution in [0.1, 0.15) is 26.7 Å². The van der Waals surface area contributed by atoms with Crippen molar-refractivity contribution in [3.05, 3.63) is 0 Å². The van der Waals surface area contributed by atoms with Crippen LogP contribution in [-0.4, -0.2) is 44.1 Å². The zero-order valence-corrected chi connectivity index (χ0v) is 10.9. The van der Waals surface area contributed by atoms with E-state index in [0.29, 0.717) is 19.7 Å². The lowest BCUT2D eigenvalue weighted by molar-refractivity contribution is -0.143. The third kappa shape index (κ3) is 9.59. The summed E-state index contributed by atoms with van der Waals surface area (Å²) in [7, 11) is 0. The van der Waals surface area contributed by atoms with Crippen LogP contribution in [0.3, 0.4) is 0 Å². The van der Waals surface area contributed by atoms with Crippen molar-refractivity contribution in [3.8, 4) is 0 Å². The van der Waals surface area contributed by atoms with Crippen molar-refractivity contribution in [2.24, 2.45) is 0 Å². The van der Waals surface area contributed by atoms with Gasteiger partial charge in [-0.05, 0) is 13.3 Å². The van der Waals surface area contributed by atoms with Crippen molar-refractivity contribution in [2.45, 2.75) is 26.7 Å². The number of urea groups is 1. The fourth-order valence-electron chi connectivity index (χ4n) is 1.08. The van der Waals surface area contributed by atoms with E-state index in [0.717, 1.165) is 6.42 Å². The van der Waals surface area contributed by atoms with Crippen molar-refractivity contribution < 1.29 is 19.1 Å². The fourth-order valence-corrected chi connectivity index (χ4v) is 1.08. The molecule has 0 saturated heterocycles. The smallest absolute Gasteiger partial charge is 0.321 e. The number of carbonyl (C=O) groups is 3. The van der Waals surface area contributed by atoms with E-state index >= 15 is 0 Å². The summed E-state index contributed by atoms with van der Waals surface area (Å²) in [6, 6.07) is -0.506. The summed E-state index contributed by atoms with van der Waals surface area (Å²) < 4.78 is 4.71. The van der Waals surface area contributed by atoms with Gasteiger partial charge in [-0.1, -0.05) is 6.92 Å². The number of rotatable bonds is 8. The summed E-state index contributed by atoms with van der Waals surface area (Å²) >= 11 is 0. The molecule has 7 nitrogen and oxygen atoms in total. The number of carbonyl (C=O) groups excluding carboxylic acids is 3. The van der Waals surface area contributed by atoms with Crippen LogP contribution in [0.5, 0.6) is 0 Å². The zero-order chi connectivity index (χ0) is 13.8. The minimum Gasteiger partial charge on any atom is -0.466 e. The maximum atomic E-state index is 11.2. The first-order chi connectivity index (χ1) is 8.60. The number of hydrogen-bond donors (Lipinski definition) is 3. The topological polar surface area (TPSA) is 96.5 Å². The molecule has 0 aromatic heterocycles. The van der Waals surface area contributed by atoms with E-state index in [9.17, 15) is 14.4 Å². The van der Waals surface area contributed by atoms with Crippen molar-refractivity contribution in [1.29, 1.82) is 0 Å². The Morgan fingerprint density at radius 2 is 1.83 bits per heavy atom. The summed E-state index contributed by atoms with van der Waals surface area (Å²) in [4.78, 5) is 33.3. The highest BCUT2D eigenvalue weighted by Gasteiger charge is 2.06. The van der Waals surface area contributed by atoms with Gasteiger partial charge in [0, 0.05) is 13.1 Å². The molecule has 0 saturated carbocycles. The van der Waals surface area contributed by atoms with E-state index in [1.54, 1.807) is 6.92 Å². The highest BCUT2D eigenvalue weighted by molar-refractivity contribution is 5.95. The molecule has 18 heavy (non-hydrogen) atoms. The van der Waals surface area contributed by atoms with Gasteiger partial charge in [0.25, 0.3) is 0 Å². The number of amides is 3. The number of nitrogens with one attached hydrogen (secondary N) is 3. The maximum absolute atomic E-state index is 11.2. The molecule has 0 aliphatic carbocycles. The number of ether oxygens (including phenoxy) is 1. The predicted molar refractivity (Wildman–Crippen MR) is 66.0 cm³/mol. The molecule has 0 radical (unpaired) electrons. The van der Waals surface area contributed by atoms with E-state index in [4.69, 9.17) is 4.74 Å². The summed E-state index contributed by atoms with van der Waals surface area (Å²) in [6.45, 7) is 4.83. The summed E-state index contributed by atoms with van der Waals surface area (Å²) in [5.41, 5.74) is 0. The molecule has 0 aromatic carbocycles. The molecule has 0 rings (SSSR count). The van der Waals surface area contributed by atoms with Crippen LogP contribution in [0.4, 0.5) is 4.79 Å². The second-order valence-electron chi connectivity index (χ2n) is 3.54. The zero-order valence-electron chi connectivity index (χ0n) is 10.9. The van der Waals surface area contributed by atoms with E-state index in [1.807, 2.05) is 6.92 Å². The molecule has 0 fully saturated rings. The van der Waals surface area contributed by atoms with E-state index < -0.39 is 11.9 Å². The van der Waals surface area contributed by atoms with Gasteiger partial charge in [0.05, 0.1) is 19.6 Å². The minimum atomic E-state index is -0.506. The van der Waals surface area contributed by atoms with Gasteiger partial charge >= 0.3 is 12.0 Å². The summed E-state index contributed by atoms with van der Waals surface area (Å²) in [5.74, 6) is -0.751. The lowest BCUT2D eigenvalue weighted by Crippen LogP contribution is -2.43. The molecule has 104 valence electrons. The third-order valence-electron chi connectivity index (χ3n) is 1.89. The monoisotopic (exact) mass is 259 g/mol. The lowest BCUT2D eigenvalue weighted by atomic mass is 10.4. The van der Waals surface area contributed by atoms with Gasteiger partial charge < -0.3 is 15.4 Å². The first-order valence-corrected chi connectivity index (χ1v) is 6.04. The standard InChI is InChI=1S/C11H21N3O4/c1-3-6-13-11(17)14-9(15)8-12-7-5-10(16)18-4-2/h12H,3-8H2,1-2H3,(H2,13,14,15,17). The van der Waals surface area contributed by atoms with Crippen LogP contribution in [0, 0.1) is 0 Å². The van der Waals surface area contributed by atoms with E-state index in [2.05, 4.69) is 16.0 Å². The van der Waals surface area contributed by atoms with Gasteiger partial charge in [-0.15, -0.1) is 0 Å². The molecule has 0 bridgehead atoms. The van der Waals surface area contributed by atoms with Crippen LogP contribution in [-0.2, 0) is 14.3 Å². The lowest BCUT2D eigenvalue weighted by Gasteiger charge is -2.06. The van der Waals surface area contributed by atoms with Crippen LogP contribution in [0.25, 0.3) is 0 Å². The minimum absolute atomic E-state index is 0.0149. The Labute approximate surface area is 107 Å². The second kappa shape index (κ2) is 10.5. The summed E-state index contributed by atoms with van der Waals surface area (Å²) in [5, 5.41) is 7.42. The van der Waals surface area contributed by atoms with Crippen LogP contribution >= 0.6 is 0 Å². The normalized spacial score (nSPS) is 9.67. The SMILES string of the molecule is CCCNC(=O)NC(=O)CNCCC(=O)OCC. The Morgan fingerprint density at radius 1 is 1.11 bits per heavy atom. The van der Waals surface area contributed by atoms with Gasteiger partial charge in [-0.25, -0.2) is 4.79 Å². The molecule has 0 aromatic rings. The van der Waals surface area contributed by atoms with Gasteiger partial charge in [0.2, 0.25) is 5.91 Å². The molecular weight excluding hydrogens is 238 g/mol. The summed E-state index contributed by atoms with van der Waals surface area (Å²) in [6.07, 6.45) is 1.00. The molecule has 0 unspecified atom stereocenters. The van der Waals surface area contributed by atoms with Crippen molar-refractivity contribution >= 4 is 17.9 Å². The first kappa shape index (κ1) is 16.4. The first-order valence-electron chi connectivity index (χ1n) is 6.04. The highest BCUT2D eigenvalue weighted by atomic mass is 16.5. The molecule has 0 spiro atoms. The molecule has 0 aliphatic rings. The van der Waals surface area contributed by atoms with Crippen LogP contribution in [0.15, 0.2) is 0 Å². The Hall–Kier alpha value is -1.63. The molecule has 7 heteroatoms. The Morgan fingerprint density at radius 3 is 2.44 bits per heavy atom. The van der Waals surface area contributed by atoms with Crippen LogP contribution < -0.4 is 16.0 Å². The maximum Gasteiger partial charge on any atom is 0.321 e.